The van der Waals surface area contributed by atoms with Crippen molar-refractivity contribution in [2.45, 2.75) is 37.6 Å². The maximum Gasteiger partial charge on any atom is 0.223 e. The number of hydrogen-bond acceptors (Lipinski definition) is 4. The Balaban J connectivity index is 1.89. The Morgan fingerprint density at radius 1 is 1.29 bits per heavy atom. The Kier molecular flexibility index (Phi) is 6.71. The fourth-order valence-corrected chi connectivity index (χ4v) is 4.43. The van der Waals surface area contributed by atoms with Crippen molar-refractivity contribution in [3.05, 3.63) is 29.8 Å². The molecule has 1 aliphatic rings. The third-order valence-electron chi connectivity index (χ3n) is 4.56. The van der Waals surface area contributed by atoms with Gasteiger partial charge in [0.25, 0.3) is 0 Å². The van der Waals surface area contributed by atoms with Gasteiger partial charge in [0.2, 0.25) is 15.9 Å². The van der Waals surface area contributed by atoms with E-state index >= 15 is 0 Å². The van der Waals surface area contributed by atoms with Crippen LogP contribution in [0.4, 0.5) is 0 Å². The van der Waals surface area contributed by atoms with Crippen molar-refractivity contribution >= 4 is 27.7 Å². The molecule has 1 aromatic rings. The Morgan fingerprint density at radius 2 is 1.88 bits per heavy atom. The van der Waals surface area contributed by atoms with Gasteiger partial charge in [-0.25, -0.2) is 12.7 Å². The van der Waals surface area contributed by atoms with Gasteiger partial charge in [-0.3, -0.25) is 4.79 Å². The number of benzene rings is 1. The Hall–Kier alpha value is -1.05. The van der Waals surface area contributed by atoms with Gasteiger partial charge in [-0.2, -0.15) is 0 Å². The normalized spacial score (nSPS) is 18.3. The second-order valence-corrected chi connectivity index (χ2v) is 9.21. The van der Waals surface area contributed by atoms with Gasteiger partial charge in [0.05, 0.1) is 11.8 Å². The van der Waals surface area contributed by atoms with Crippen LogP contribution in [0.25, 0.3) is 0 Å². The van der Waals surface area contributed by atoms with Gasteiger partial charge >= 0.3 is 0 Å². The summed E-state index contributed by atoms with van der Waals surface area (Å²) in [5.74, 6) is 0.0265. The van der Waals surface area contributed by atoms with Crippen molar-refractivity contribution in [2.75, 3.05) is 25.1 Å². The van der Waals surface area contributed by atoms with Gasteiger partial charge in [0.15, 0.2) is 0 Å². The third kappa shape index (κ3) is 4.74. The van der Waals surface area contributed by atoms with E-state index in [4.69, 9.17) is 0 Å². The van der Waals surface area contributed by atoms with Crippen molar-refractivity contribution in [1.29, 1.82) is 0 Å². The maximum atomic E-state index is 12.4. The molecule has 1 fully saturated rings. The van der Waals surface area contributed by atoms with Crippen LogP contribution >= 0.6 is 11.8 Å². The number of nitrogens with zero attached hydrogens (tertiary/aromatic N) is 1. The molecule has 0 spiro atoms. The molecule has 0 radical (unpaired) electrons. The highest BCUT2D eigenvalue weighted by Crippen LogP contribution is 2.23. The van der Waals surface area contributed by atoms with Gasteiger partial charge in [0, 0.05) is 23.9 Å². The Labute approximate surface area is 149 Å². The summed E-state index contributed by atoms with van der Waals surface area (Å²) in [5, 5.41) is 3.06. The van der Waals surface area contributed by atoms with Gasteiger partial charge in [0.1, 0.15) is 0 Å². The van der Waals surface area contributed by atoms with E-state index in [-0.39, 0.29) is 23.6 Å². The maximum absolute atomic E-state index is 12.4. The molecular formula is C17H26N2O3S2. The van der Waals surface area contributed by atoms with E-state index in [0.29, 0.717) is 25.9 Å². The van der Waals surface area contributed by atoms with E-state index < -0.39 is 10.0 Å². The molecule has 1 N–H and O–H groups in total. The quantitative estimate of drug-likeness (QED) is 0.782. The Morgan fingerprint density at radius 3 is 2.38 bits per heavy atom. The topological polar surface area (TPSA) is 66.5 Å². The van der Waals surface area contributed by atoms with E-state index in [9.17, 15) is 13.2 Å². The molecule has 1 saturated heterocycles. The molecule has 2 rings (SSSR count). The summed E-state index contributed by atoms with van der Waals surface area (Å²) in [6, 6.07) is 8.12. The molecule has 134 valence electrons. The van der Waals surface area contributed by atoms with Gasteiger partial charge in [-0.05, 0) is 50.6 Å². The lowest BCUT2D eigenvalue weighted by molar-refractivity contribution is -0.126. The standard InChI is InChI=1S/C17H26N2O3S2/c1-4-24(21,22)19-11-9-15(10-12-19)17(20)18-13(2)14-5-7-16(23-3)8-6-14/h5-8,13,15H,4,9-12H2,1-3H3,(H,18,20)/t13-/m0/s1. The summed E-state index contributed by atoms with van der Waals surface area (Å²) in [5.41, 5.74) is 1.08. The van der Waals surface area contributed by atoms with Crippen molar-refractivity contribution in [1.82, 2.24) is 9.62 Å². The second-order valence-electron chi connectivity index (χ2n) is 6.08. The van der Waals surface area contributed by atoms with Gasteiger partial charge in [-0.15, -0.1) is 11.8 Å². The summed E-state index contributed by atoms with van der Waals surface area (Å²) < 4.78 is 25.2. The average molecular weight is 371 g/mol. The molecule has 7 heteroatoms. The molecular weight excluding hydrogens is 344 g/mol. The van der Waals surface area contributed by atoms with Crippen LogP contribution in [0.15, 0.2) is 29.2 Å². The monoisotopic (exact) mass is 370 g/mol. The molecule has 5 nitrogen and oxygen atoms in total. The largest absolute Gasteiger partial charge is 0.349 e. The minimum Gasteiger partial charge on any atom is -0.349 e. The predicted molar refractivity (Wildman–Crippen MR) is 98.5 cm³/mol. The van der Waals surface area contributed by atoms with Crippen LogP contribution in [0.5, 0.6) is 0 Å². The zero-order valence-corrected chi connectivity index (χ0v) is 16.1. The molecule has 0 saturated carbocycles. The second kappa shape index (κ2) is 8.36. The molecule has 0 bridgehead atoms. The zero-order valence-electron chi connectivity index (χ0n) is 14.5. The molecule has 1 heterocycles. The number of rotatable bonds is 6. The van der Waals surface area contributed by atoms with Crippen LogP contribution in [0.1, 0.15) is 38.3 Å². The first-order valence-electron chi connectivity index (χ1n) is 8.29. The van der Waals surface area contributed by atoms with Crippen LogP contribution in [0.3, 0.4) is 0 Å². The summed E-state index contributed by atoms with van der Waals surface area (Å²) in [7, 11) is -3.14. The molecule has 24 heavy (non-hydrogen) atoms. The molecule has 1 amide bonds. The molecule has 0 aliphatic carbocycles. The van der Waals surface area contributed by atoms with Crippen LogP contribution in [-0.2, 0) is 14.8 Å². The number of sulfonamides is 1. The van der Waals surface area contributed by atoms with E-state index in [1.165, 1.54) is 9.20 Å². The highest BCUT2D eigenvalue weighted by molar-refractivity contribution is 7.98. The van der Waals surface area contributed by atoms with Crippen molar-refractivity contribution in [2.24, 2.45) is 5.92 Å². The summed E-state index contributed by atoms with van der Waals surface area (Å²) >= 11 is 1.69. The average Bonchev–Trinajstić information content (AvgIpc) is 2.61. The summed E-state index contributed by atoms with van der Waals surface area (Å²) in [6.45, 7) is 4.50. The lowest BCUT2D eigenvalue weighted by Crippen LogP contribution is -2.43. The summed E-state index contributed by atoms with van der Waals surface area (Å²) in [6.07, 6.45) is 3.21. The fourth-order valence-electron chi connectivity index (χ4n) is 2.89. The van der Waals surface area contributed by atoms with E-state index in [1.54, 1.807) is 18.7 Å². The fraction of sp³-hybridized carbons (Fsp3) is 0.588. The van der Waals surface area contributed by atoms with Crippen molar-refractivity contribution < 1.29 is 13.2 Å². The van der Waals surface area contributed by atoms with Crippen molar-refractivity contribution in [3.8, 4) is 0 Å². The minimum atomic E-state index is -3.14. The van der Waals surface area contributed by atoms with Crippen molar-refractivity contribution in [3.63, 3.8) is 0 Å². The molecule has 1 aliphatic heterocycles. The van der Waals surface area contributed by atoms with E-state index in [2.05, 4.69) is 17.4 Å². The van der Waals surface area contributed by atoms with Crippen LogP contribution in [0.2, 0.25) is 0 Å². The van der Waals surface area contributed by atoms with Crippen LogP contribution in [-0.4, -0.2) is 43.7 Å². The highest BCUT2D eigenvalue weighted by Gasteiger charge is 2.30. The first-order chi connectivity index (χ1) is 11.4. The SMILES string of the molecule is CCS(=O)(=O)N1CCC(C(=O)N[C@@H](C)c2ccc(SC)cc2)CC1. The van der Waals surface area contributed by atoms with Gasteiger partial charge in [-0.1, -0.05) is 12.1 Å². The number of carbonyl (C=O) groups excluding carboxylic acids is 1. The predicted octanol–water partition coefficient (Wildman–Crippen LogP) is 2.65. The van der Waals surface area contributed by atoms with E-state index in [0.717, 1.165) is 5.56 Å². The minimum absolute atomic E-state index is 0.0185. The number of hydrogen-bond donors (Lipinski definition) is 1. The zero-order chi connectivity index (χ0) is 17.7. The Bertz CT molecular complexity index is 651. The molecule has 1 aromatic carbocycles. The smallest absolute Gasteiger partial charge is 0.223 e. The first kappa shape index (κ1) is 19.3. The summed E-state index contributed by atoms with van der Waals surface area (Å²) in [4.78, 5) is 13.6. The number of piperidine rings is 1. The van der Waals surface area contributed by atoms with E-state index in [1.807, 2.05) is 25.3 Å². The van der Waals surface area contributed by atoms with Gasteiger partial charge < -0.3 is 5.32 Å². The van der Waals surface area contributed by atoms with Crippen LogP contribution < -0.4 is 5.32 Å². The lowest BCUT2D eigenvalue weighted by atomic mass is 9.96. The first-order valence-corrected chi connectivity index (χ1v) is 11.1. The number of amides is 1. The number of carbonyl (C=O) groups is 1. The third-order valence-corrected chi connectivity index (χ3v) is 7.18. The van der Waals surface area contributed by atoms with Crippen LogP contribution in [0, 0.1) is 5.92 Å². The molecule has 1 atom stereocenters. The lowest BCUT2D eigenvalue weighted by Gasteiger charge is -2.31. The molecule has 0 unspecified atom stereocenters. The molecule has 0 aromatic heterocycles. The highest BCUT2D eigenvalue weighted by atomic mass is 32.2. The number of nitrogens with one attached hydrogen (secondary N) is 1. The number of thioether (sulfide) groups is 1.